The Hall–Kier alpha value is -1.42. The zero-order valence-corrected chi connectivity index (χ0v) is 8.72. The minimum Gasteiger partial charge on any atom is -0.499 e. The summed E-state index contributed by atoms with van der Waals surface area (Å²) in [5.74, 6) is 1.45. The predicted octanol–water partition coefficient (Wildman–Crippen LogP) is 2.62. The Kier molecular flexibility index (Phi) is 2.21. The molecule has 14 heavy (non-hydrogen) atoms. The first kappa shape index (κ1) is 9.15. The van der Waals surface area contributed by atoms with Gasteiger partial charge in [-0.15, -0.1) is 0 Å². The number of ether oxygens (including phenoxy) is 2. The highest BCUT2D eigenvalue weighted by Gasteiger charge is 2.08. The minimum atomic E-state index is 0.284. The van der Waals surface area contributed by atoms with Crippen molar-refractivity contribution in [3.8, 4) is 16.6 Å². The second kappa shape index (κ2) is 3.38. The molecule has 2 aromatic rings. The molecule has 3 nitrogen and oxygen atoms in total. The van der Waals surface area contributed by atoms with E-state index in [2.05, 4.69) is 0 Å². The van der Waals surface area contributed by atoms with Gasteiger partial charge in [-0.3, -0.25) is 0 Å². The summed E-state index contributed by atoms with van der Waals surface area (Å²) in [6.07, 6.45) is 0. The highest BCUT2D eigenvalue weighted by molar-refractivity contribution is 7.20. The Morgan fingerprint density at radius 1 is 1.14 bits per heavy atom. The standard InChI is InChI=1S/C10H10O3S/c1-12-6-3-8(13-2)7-5-10(11)14-9(7)4-6/h3-5,11H,1-2H3. The van der Waals surface area contributed by atoms with E-state index in [0.29, 0.717) is 0 Å². The lowest BCUT2D eigenvalue weighted by Gasteiger charge is -2.04. The smallest absolute Gasteiger partial charge is 0.172 e. The molecular weight excluding hydrogens is 200 g/mol. The summed E-state index contributed by atoms with van der Waals surface area (Å²) in [6, 6.07) is 5.37. The van der Waals surface area contributed by atoms with Gasteiger partial charge in [0.05, 0.1) is 14.2 Å². The Morgan fingerprint density at radius 2 is 1.93 bits per heavy atom. The molecule has 1 N–H and O–H groups in total. The zero-order chi connectivity index (χ0) is 10.1. The fourth-order valence-electron chi connectivity index (χ4n) is 1.36. The Labute approximate surface area is 85.5 Å². The van der Waals surface area contributed by atoms with Gasteiger partial charge in [0.1, 0.15) is 11.5 Å². The van der Waals surface area contributed by atoms with E-state index in [0.717, 1.165) is 21.6 Å². The van der Waals surface area contributed by atoms with Crippen LogP contribution in [0.3, 0.4) is 0 Å². The molecule has 0 bridgehead atoms. The molecule has 1 aromatic carbocycles. The molecule has 0 fully saturated rings. The third kappa shape index (κ3) is 1.37. The zero-order valence-electron chi connectivity index (χ0n) is 7.90. The van der Waals surface area contributed by atoms with Crippen LogP contribution in [-0.4, -0.2) is 19.3 Å². The van der Waals surface area contributed by atoms with Gasteiger partial charge in [0.25, 0.3) is 0 Å². The first-order valence-electron chi connectivity index (χ1n) is 4.09. The van der Waals surface area contributed by atoms with E-state index in [4.69, 9.17) is 9.47 Å². The number of aromatic hydroxyl groups is 1. The Morgan fingerprint density at radius 3 is 2.57 bits per heavy atom. The number of methoxy groups -OCH3 is 2. The lowest BCUT2D eigenvalue weighted by Crippen LogP contribution is -1.86. The third-order valence-electron chi connectivity index (χ3n) is 2.02. The summed E-state index contributed by atoms with van der Waals surface area (Å²) in [5.41, 5.74) is 0. The van der Waals surface area contributed by atoms with Gasteiger partial charge in [0, 0.05) is 22.2 Å². The van der Waals surface area contributed by atoms with Crippen LogP contribution in [0, 0.1) is 0 Å². The molecule has 0 spiro atoms. The van der Waals surface area contributed by atoms with Crippen LogP contribution in [0.15, 0.2) is 18.2 Å². The fraction of sp³-hybridized carbons (Fsp3) is 0.200. The Bertz CT molecular complexity index is 462. The summed E-state index contributed by atoms with van der Waals surface area (Å²) >= 11 is 1.31. The predicted molar refractivity (Wildman–Crippen MR) is 56.6 cm³/mol. The van der Waals surface area contributed by atoms with E-state index in [9.17, 15) is 5.11 Å². The summed E-state index contributed by atoms with van der Waals surface area (Å²) in [6.45, 7) is 0. The van der Waals surface area contributed by atoms with Crippen molar-refractivity contribution in [3.63, 3.8) is 0 Å². The average Bonchev–Trinajstić information content (AvgIpc) is 2.56. The van der Waals surface area contributed by atoms with Gasteiger partial charge in [-0.25, -0.2) is 0 Å². The van der Waals surface area contributed by atoms with Gasteiger partial charge in [-0.1, -0.05) is 11.3 Å². The monoisotopic (exact) mass is 210 g/mol. The first-order valence-corrected chi connectivity index (χ1v) is 4.91. The van der Waals surface area contributed by atoms with Crippen LogP contribution in [-0.2, 0) is 0 Å². The average molecular weight is 210 g/mol. The number of thiophene rings is 1. The van der Waals surface area contributed by atoms with Crippen LogP contribution in [0.25, 0.3) is 10.1 Å². The number of rotatable bonds is 2. The van der Waals surface area contributed by atoms with Crippen molar-refractivity contribution >= 4 is 21.4 Å². The highest BCUT2D eigenvalue weighted by atomic mass is 32.1. The third-order valence-corrected chi connectivity index (χ3v) is 2.90. The molecule has 0 amide bonds. The van der Waals surface area contributed by atoms with Crippen molar-refractivity contribution < 1.29 is 14.6 Å². The highest BCUT2D eigenvalue weighted by Crippen LogP contribution is 2.39. The van der Waals surface area contributed by atoms with Crippen LogP contribution >= 0.6 is 11.3 Å². The van der Waals surface area contributed by atoms with Gasteiger partial charge >= 0.3 is 0 Å². The number of hydrogen-bond donors (Lipinski definition) is 1. The van der Waals surface area contributed by atoms with Crippen molar-refractivity contribution in [2.24, 2.45) is 0 Å². The molecular formula is C10H10O3S. The largest absolute Gasteiger partial charge is 0.499 e. The number of hydrogen-bond acceptors (Lipinski definition) is 4. The summed E-state index contributed by atoms with van der Waals surface area (Å²) in [7, 11) is 3.21. The van der Waals surface area contributed by atoms with Crippen molar-refractivity contribution in [2.75, 3.05) is 14.2 Å². The number of fused-ring (bicyclic) bond motifs is 1. The molecule has 0 aliphatic heterocycles. The van der Waals surface area contributed by atoms with Gasteiger partial charge < -0.3 is 14.6 Å². The van der Waals surface area contributed by atoms with Crippen molar-refractivity contribution in [2.45, 2.75) is 0 Å². The summed E-state index contributed by atoms with van der Waals surface area (Å²) in [5, 5.41) is 10.6. The lowest BCUT2D eigenvalue weighted by atomic mass is 10.2. The van der Waals surface area contributed by atoms with E-state index in [1.54, 1.807) is 26.4 Å². The topological polar surface area (TPSA) is 38.7 Å². The maximum atomic E-state index is 9.36. The first-order chi connectivity index (χ1) is 6.74. The normalized spacial score (nSPS) is 10.4. The van der Waals surface area contributed by atoms with Crippen LogP contribution in [0.4, 0.5) is 0 Å². The molecule has 0 aliphatic rings. The van der Waals surface area contributed by atoms with Crippen molar-refractivity contribution in [1.82, 2.24) is 0 Å². The summed E-state index contributed by atoms with van der Waals surface area (Å²) in [4.78, 5) is 0. The number of benzene rings is 1. The van der Waals surface area contributed by atoms with E-state index in [-0.39, 0.29) is 5.06 Å². The Balaban J connectivity index is 2.72. The van der Waals surface area contributed by atoms with E-state index in [1.807, 2.05) is 6.07 Å². The van der Waals surface area contributed by atoms with Crippen LogP contribution in [0.2, 0.25) is 0 Å². The molecule has 0 atom stereocenters. The van der Waals surface area contributed by atoms with Gasteiger partial charge in [-0.2, -0.15) is 0 Å². The molecule has 1 heterocycles. The second-order valence-corrected chi connectivity index (χ2v) is 3.89. The fourth-order valence-corrected chi connectivity index (χ4v) is 2.20. The van der Waals surface area contributed by atoms with Gasteiger partial charge in [-0.05, 0) is 6.07 Å². The van der Waals surface area contributed by atoms with E-state index < -0.39 is 0 Å². The molecule has 4 heteroatoms. The van der Waals surface area contributed by atoms with Gasteiger partial charge in [0.2, 0.25) is 0 Å². The molecule has 0 saturated heterocycles. The maximum absolute atomic E-state index is 9.36. The van der Waals surface area contributed by atoms with Crippen molar-refractivity contribution in [3.05, 3.63) is 18.2 Å². The van der Waals surface area contributed by atoms with E-state index in [1.165, 1.54) is 11.3 Å². The van der Waals surface area contributed by atoms with Crippen molar-refractivity contribution in [1.29, 1.82) is 0 Å². The molecule has 74 valence electrons. The molecule has 2 rings (SSSR count). The molecule has 0 unspecified atom stereocenters. The lowest BCUT2D eigenvalue weighted by molar-refractivity contribution is 0.398. The molecule has 1 aromatic heterocycles. The van der Waals surface area contributed by atoms with Crippen LogP contribution < -0.4 is 9.47 Å². The minimum absolute atomic E-state index is 0.284. The van der Waals surface area contributed by atoms with E-state index >= 15 is 0 Å². The molecule has 0 radical (unpaired) electrons. The van der Waals surface area contributed by atoms with Gasteiger partial charge in [0.15, 0.2) is 5.06 Å². The SMILES string of the molecule is COc1cc(OC)c2cc(O)sc2c1. The quantitative estimate of drug-likeness (QED) is 0.828. The molecule has 0 aliphatic carbocycles. The second-order valence-electron chi connectivity index (χ2n) is 2.83. The summed E-state index contributed by atoms with van der Waals surface area (Å²) < 4.78 is 11.3. The maximum Gasteiger partial charge on any atom is 0.172 e. The molecule has 0 saturated carbocycles. The van der Waals surface area contributed by atoms with Crippen LogP contribution in [0.5, 0.6) is 16.6 Å². The van der Waals surface area contributed by atoms with Crippen LogP contribution in [0.1, 0.15) is 0 Å².